The lowest BCUT2D eigenvalue weighted by atomic mass is 10.2. The van der Waals surface area contributed by atoms with E-state index < -0.39 is 10.0 Å². The van der Waals surface area contributed by atoms with Crippen LogP contribution in [0.25, 0.3) is 0 Å². The quantitative estimate of drug-likeness (QED) is 0.718. The van der Waals surface area contributed by atoms with Crippen LogP contribution in [-0.4, -0.2) is 27.3 Å². The Balaban J connectivity index is 1.69. The Kier molecular flexibility index (Phi) is 6.62. The van der Waals surface area contributed by atoms with E-state index in [0.717, 1.165) is 17.7 Å². The van der Waals surface area contributed by atoms with Gasteiger partial charge in [0, 0.05) is 6.54 Å². The Morgan fingerprint density at radius 1 is 0.957 bits per heavy atom. The molecule has 4 nitrogen and oxygen atoms in total. The van der Waals surface area contributed by atoms with Crippen LogP contribution in [0.4, 0.5) is 0 Å². The summed E-state index contributed by atoms with van der Waals surface area (Å²) in [6.07, 6.45) is 1.50. The summed E-state index contributed by atoms with van der Waals surface area (Å²) in [5.41, 5.74) is 2.27. The van der Waals surface area contributed by atoms with Gasteiger partial charge in [-0.2, -0.15) is 0 Å². The molecule has 0 spiro atoms. The zero-order chi connectivity index (χ0) is 16.5. The molecule has 23 heavy (non-hydrogen) atoms. The summed E-state index contributed by atoms with van der Waals surface area (Å²) in [6, 6.07) is 17.4. The van der Waals surface area contributed by atoms with E-state index in [1.54, 1.807) is 0 Å². The Hall–Kier alpha value is -1.85. The van der Waals surface area contributed by atoms with Gasteiger partial charge in [-0.3, -0.25) is 0 Å². The van der Waals surface area contributed by atoms with Crippen molar-refractivity contribution in [3.05, 3.63) is 65.7 Å². The topological polar surface area (TPSA) is 55.4 Å². The summed E-state index contributed by atoms with van der Waals surface area (Å²) in [6.45, 7) is 2.68. The molecule has 124 valence electrons. The smallest absolute Gasteiger partial charge is 0.212 e. The lowest BCUT2D eigenvalue weighted by molar-refractivity contribution is 0.323. The minimum absolute atomic E-state index is 0.0855. The van der Waals surface area contributed by atoms with E-state index in [9.17, 15) is 8.42 Å². The maximum absolute atomic E-state index is 11.9. The van der Waals surface area contributed by atoms with Crippen LogP contribution in [0.15, 0.2) is 54.6 Å². The highest BCUT2D eigenvalue weighted by atomic mass is 32.2. The number of hydrogen-bond acceptors (Lipinski definition) is 3. The summed E-state index contributed by atoms with van der Waals surface area (Å²) < 4.78 is 32.0. The van der Waals surface area contributed by atoms with E-state index >= 15 is 0 Å². The number of aryl methyl sites for hydroxylation is 2. The van der Waals surface area contributed by atoms with Crippen LogP contribution >= 0.6 is 0 Å². The predicted molar refractivity (Wildman–Crippen MR) is 93.3 cm³/mol. The van der Waals surface area contributed by atoms with Crippen LogP contribution in [0, 0.1) is 0 Å². The van der Waals surface area contributed by atoms with Crippen molar-refractivity contribution >= 4 is 10.0 Å². The van der Waals surface area contributed by atoms with Crippen LogP contribution in [-0.2, 0) is 22.9 Å². The molecule has 0 saturated heterocycles. The van der Waals surface area contributed by atoms with Crippen LogP contribution in [0.2, 0.25) is 0 Å². The van der Waals surface area contributed by atoms with E-state index in [0.29, 0.717) is 13.0 Å². The normalized spacial score (nSPS) is 11.3. The number of hydrogen-bond donors (Lipinski definition) is 1. The van der Waals surface area contributed by atoms with Crippen LogP contribution in [0.3, 0.4) is 0 Å². The molecule has 0 aliphatic rings. The van der Waals surface area contributed by atoms with E-state index in [-0.39, 0.29) is 12.3 Å². The van der Waals surface area contributed by atoms with Crippen molar-refractivity contribution in [1.82, 2.24) is 4.72 Å². The third-order valence-corrected chi connectivity index (χ3v) is 4.91. The molecule has 0 amide bonds. The average Bonchev–Trinajstić information content (AvgIpc) is 2.58. The summed E-state index contributed by atoms with van der Waals surface area (Å²) in [5.74, 6) is 0.841. The van der Waals surface area contributed by atoms with E-state index in [4.69, 9.17) is 4.74 Å². The average molecular weight is 333 g/mol. The first-order valence-corrected chi connectivity index (χ1v) is 9.47. The number of benzene rings is 2. The van der Waals surface area contributed by atoms with Crippen molar-refractivity contribution in [2.24, 2.45) is 0 Å². The molecule has 0 aliphatic carbocycles. The molecule has 0 bridgehead atoms. The maximum atomic E-state index is 11.9. The first-order valence-electron chi connectivity index (χ1n) is 7.82. The molecule has 0 unspecified atom stereocenters. The molecule has 1 N–H and O–H groups in total. The van der Waals surface area contributed by atoms with E-state index in [1.165, 1.54) is 5.56 Å². The standard InChI is InChI=1S/C18H23NO3S/c1-2-16-8-10-18(11-9-16)22-14-13-19-23(20,21)15-12-17-6-4-3-5-7-17/h3-11,19H,2,12-15H2,1H3. The molecule has 0 heterocycles. The maximum Gasteiger partial charge on any atom is 0.212 e. The fraction of sp³-hybridized carbons (Fsp3) is 0.333. The highest BCUT2D eigenvalue weighted by Crippen LogP contribution is 2.12. The highest BCUT2D eigenvalue weighted by Gasteiger charge is 2.09. The van der Waals surface area contributed by atoms with Gasteiger partial charge in [-0.25, -0.2) is 13.1 Å². The molecule has 2 aromatic rings. The monoisotopic (exact) mass is 333 g/mol. The highest BCUT2D eigenvalue weighted by molar-refractivity contribution is 7.89. The van der Waals surface area contributed by atoms with Crippen LogP contribution < -0.4 is 9.46 Å². The molecule has 0 aromatic heterocycles. The Bertz CT molecular complexity index is 682. The second-order valence-corrected chi connectivity index (χ2v) is 7.22. The lowest BCUT2D eigenvalue weighted by Crippen LogP contribution is -2.31. The third kappa shape index (κ3) is 6.42. The molecular weight excluding hydrogens is 310 g/mol. The van der Waals surface area contributed by atoms with Crippen molar-refractivity contribution in [3.8, 4) is 5.75 Å². The number of nitrogens with one attached hydrogen (secondary N) is 1. The second kappa shape index (κ2) is 8.70. The Morgan fingerprint density at radius 3 is 2.30 bits per heavy atom. The third-order valence-electron chi connectivity index (χ3n) is 3.53. The molecule has 0 radical (unpaired) electrons. The Morgan fingerprint density at radius 2 is 1.65 bits per heavy atom. The Labute approximate surface area is 138 Å². The largest absolute Gasteiger partial charge is 0.492 e. The SMILES string of the molecule is CCc1ccc(OCCNS(=O)(=O)CCc2ccccc2)cc1. The van der Waals surface area contributed by atoms with Crippen molar-refractivity contribution in [3.63, 3.8) is 0 Å². The molecular formula is C18H23NO3S. The molecule has 0 atom stereocenters. The fourth-order valence-corrected chi connectivity index (χ4v) is 3.20. The van der Waals surface area contributed by atoms with Gasteiger partial charge in [-0.05, 0) is 36.1 Å². The molecule has 2 aromatic carbocycles. The molecule has 0 fully saturated rings. The van der Waals surface area contributed by atoms with Gasteiger partial charge in [0.05, 0.1) is 5.75 Å². The summed E-state index contributed by atoms with van der Waals surface area (Å²) in [5, 5.41) is 0. The van der Waals surface area contributed by atoms with Gasteiger partial charge in [0.2, 0.25) is 10.0 Å². The van der Waals surface area contributed by atoms with Crippen LogP contribution in [0.1, 0.15) is 18.1 Å². The molecule has 0 aliphatic heterocycles. The summed E-state index contributed by atoms with van der Waals surface area (Å²) >= 11 is 0. The minimum Gasteiger partial charge on any atom is -0.492 e. The summed E-state index contributed by atoms with van der Waals surface area (Å²) in [7, 11) is -3.27. The van der Waals surface area contributed by atoms with Gasteiger partial charge in [0.15, 0.2) is 0 Å². The fourth-order valence-electron chi connectivity index (χ4n) is 2.16. The van der Waals surface area contributed by atoms with Gasteiger partial charge in [-0.1, -0.05) is 49.4 Å². The van der Waals surface area contributed by atoms with Crippen molar-refractivity contribution in [1.29, 1.82) is 0 Å². The number of ether oxygens (including phenoxy) is 1. The van der Waals surface area contributed by atoms with E-state index in [2.05, 4.69) is 11.6 Å². The number of rotatable bonds is 9. The molecule has 0 saturated carbocycles. The second-order valence-electron chi connectivity index (χ2n) is 5.29. The van der Waals surface area contributed by atoms with Crippen molar-refractivity contribution < 1.29 is 13.2 Å². The van der Waals surface area contributed by atoms with Gasteiger partial charge in [0.1, 0.15) is 12.4 Å². The van der Waals surface area contributed by atoms with E-state index in [1.807, 2.05) is 54.6 Å². The van der Waals surface area contributed by atoms with Gasteiger partial charge < -0.3 is 4.74 Å². The van der Waals surface area contributed by atoms with Gasteiger partial charge in [0.25, 0.3) is 0 Å². The zero-order valence-corrected chi connectivity index (χ0v) is 14.2. The first kappa shape index (κ1) is 17.5. The van der Waals surface area contributed by atoms with Crippen molar-refractivity contribution in [2.45, 2.75) is 19.8 Å². The van der Waals surface area contributed by atoms with Gasteiger partial charge >= 0.3 is 0 Å². The van der Waals surface area contributed by atoms with Crippen LogP contribution in [0.5, 0.6) is 5.75 Å². The van der Waals surface area contributed by atoms with Crippen molar-refractivity contribution in [2.75, 3.05) is 18.9 Å². The summed E-state index contributed by atoms with van der Waals surface area (Å²) in [4.78, 5) is 0. The molecule has 2 rings (SSSR count). The minimum atomic E-state index is -3.27. The lowest BCUT2D eigenvalue weighted by Gasteiger charge is -2.09. The molecule has 5 heteroatoms. The number of sulfonamides is 1. The zero-order valence-electron chi connectivity index (χ0n) is 13.4. The first-order chi connectivity index (χ1) is 11.1. The van der Waals surface area contributed by atoms with Gasteiger partial charge in [-0.15, -0.1) is 0 Å². The predicted octanol–water partition coefficient (Wildman–Crippen LogP) is 2.79.